The average molecular weight is 282 g/mol. The molecule has 0 aliphatic rings. The van der Waals surface area contributed by atoms with Gasteiger partial charge in [-0.05, 0) is 30.2 Å². The van der Waals surface area contributed by atoms with Gasteiger partial charge in [0.1, 0.15) is 4.99 Å². The van der Waals surface area contributed by atoms with Gasteiger partial charge in [-0.25, -0.2) is 0 Å². The van der Waals surface area contributed by atoms with Crippen LogP contribution in [0, 0.1) is 11.8 Å². The highest BCUT2D eigenvalue weighted by atomic mass is 32.2. The largest absolute Gasteiger partial charge is 0.389 e. The van der Waals surface area contributed by atoms with Crippen molar-refractivity contribution < 1.29 is 0 Å². The van der Waals surface area contributed by atoms with E-state index in [0.717, 1.165) is 22.7 Å². The lowest BCUT2D eigenvalue weighted by molar-refractivity contribution is 0.440. The maximum atomic E-state index is 5.84. The summed E-state index contributed by atoms with van der Waals surface area (Å²) in [4.78, 5) is 1.59. The van der Waals surface area contributed by atoms with Crippen LogP contribution in [0.2, 0.25) is 0 Å². The smallest absolute Gasteiger partial charge is 0.107 e. The van der Waals surface area contributed by atoms with Crippen molar-refractivity contribution in [3.05, 3.63) is 23.8 Å². The SMILES string of the molecule is CSc1cccc(NCC(C)C(C)C)c1C(N)=S. The summed E-state index contributed by atoms with van der Waals surface area (Å²) in [5.41, 5.74) is 7.85. The van der Waals surface area contributed by atoms with Gasteiger partial charge >= 0.3 is 0 Å². The number of thiocarbonyl (C=S) groups is 1. The van der Waals surface area contributed by atoms with E-state index >= 15 is 0 Å². The summed E-state index contributed by atoms with van der Waals surface area (Å²) in [6.45, 7) is 7.65. The number of hydrogen-bond acceptors (Lipinski definition) is 3. The first-order chi connectivity index (χ1) is 8.47. The van der Waals surface area contributed by atoms with Crippen molar-refractivity contribution in [2.24, 2.45) is 17.6 Å². The Morgan fingerprint density at radius 3 is 2.56 bits per heavy atom. The average Bonchev–Trinajstić information content (AvgIpc) is 2.34. The fraction of sp³-hybridized carbons (Fsp3) is 0.500. The lowest BCUT2D eigenvalue weighted by atomic mass is 9.98. The van der Waals surface area contributed by atoms with E-state index in [1.807, 2.05) is 18.4 Å². The van der Waals surface area contributed by atoms with E-state index in [9.17, 15) is 0 Å². The van der Waals surface area contributed by atoms with Crippen LogP contribution in [0.15, 0.2) is 23.1 Å². The van der Waals surface area contributed by atoms with E-state index in [-0.39, 0.29) is 0 Å². The van der Waals surface area contributed by atoms with Gasteiger partial charge in [0, 0.05) is 22.7 Å². The molecule has 0 heterocycles. The Balaban J connectivity index is 2.91. The van der Waals surface area contributed by atoms with E-state index in [0.29, 0.717) is 16.8 Å². The number of hydrogen-bond donors (Lipinski definition) is 2. The summed E-state index contributed by atoms with van der Waals surface area (Å²) < 4.78 is 0. The summed E-state index contributed by atoms with van der Waals surface area (Å²) in [6, 6.07) is 6.13. The van der Waals surface area contributed by atoms with Crippen molar-refractivity contribution in [1.29, 1.82) is 0 Å². The summed E-state index contributed by atoms with van der Waals surface area (Å²) in [7, 11) is 0. The van der Waals surface area contributed by atoms with Crippen LogP contribution in [0.5, 0.6) is 0 Å². The highest BCUT2D eigenvalue weighted by Gasteiger charge is 2.12. The van der Waals surface area contributed by atoms with Gasteiger partial charge < -0.3 is 11.1 Å². The molecule has 0 saturated carbocycles. The van der Waals surface area contributed by atoms with Gasteiger partial charge in [0.25, 0.3) is 0 Å². The lowest BCUT2D eigenvalue weighted by Crippen LogP contribution is -2.19. The number of anilines is 1. The minimum absolute atomic E-state index is 0.458. The second kappa shape index (κ2) is 7.00. The Bertz CT molecular complexity index is 416. The van der Waals surface area contributed by atoms with Gasteiger partial charge in [0.15, 0.2) is 0 Å². The molecule has 0 saturated heterocycles. The monoisotopic (exact) mass is 282 g/mol. The molecule has 0 aromatic heterocycles. The highest BCUT2D eigenvalue weighted by Crippen LogP contribution is 2.27. The third-order valence-corrected chi connectivity index (χ3v) is 4.23. The van der Waals surface area contributed by atoms with Gasteiger partial charge in [-0.3, -0.25) is 0 Å². The van der Waals surface area contributed by atoms with Gasteiger partial charge in [-0.15, -0.1) is 11.8 Å². The zero-order valence-corrected chi connectivity index (χ0v) is 13.1. The Morgan fingerprint density at radius 2 is 2.06 bits per heavy atom. The van der Waals surface area contributed by atoms with Gasteiger partial charge in [0.2, 0.25) is 0 Å². The number of rotatable bonds is 6. The molecular formula is C14H22N2S2. The molecule has 1 rings (SSSR count). The maximum absolute atomic E-state index is 5.84. The molecule has 0 aliphatic heterocycles. The van der Waals surface area contributed by atoms with Crippen LogP contribution in [0.25, 0.3) is 0 Å². The zero-order chi connectivity index (χ0) is 13.7. The van der Waals surface area contributed by atoms with Gasteiger partial charge in [0.05, 0.1) is 0 Å². The van der Waals surface area contributed by atoms with Crippen LogP contribution in [0.3, 0.4) is 0 Å². The molecule has 18 heavy (non-hydrogen) atoms. The van der Waals surface area contributed by atoms with E-state index in [2.05, 4.69) is 32.2 Å². The molecule has 3 N–H and O–H groups in total. The van der Waals surface area contributed by atoms with Crippen molar-refractivity contribution in [3.8, 4) is 0 Å². The summed E-state index contributed by atoms with van der Waals surface area (Å²) in [5, 5.41) is 3.47. The third-order valence-electron chi connectivity index (χ3n) is 3.25. The normalized spacial score (nSPS) is 12.5. The van der Waals surface area contributed by atoms with Crippen molar-refractivity contribution in [1.82, 2.24) is 0 Å². The molecule has 1 aromatic carbocycles. The van der Waals surface area contributed by atoms with Gasteiger partial charge in [-0.2, -0.15) is 0 Å². The topological polar surface area (TPSA) is 38.0 Å². The molecule has 0 fully saturated rings. The fourth-order valence-electron chi connectivity index (χ4n) is 1.61. The number of benzene rings is 1. The molecule has 4 heteroatoms. The molecule has 0 spiro atoms. The molecule has 1 unspecified atom stereocenters. The summed E-state index contributed by atoms with van der Waals surface area (Å²) >= 11 is 6.83. The molecule has 0 bridgehead atoms. The first-order valence-electron chi connectivity index (χ1n) is 6.18. The lowest BCUT2D eigenvalue weighted by Gasteiger charge is -2.19. The zero-order valence-electron chi connectivity index (χ0n) is 11.5. The Labute approximate surface area is 120 Å². The minimum atomic E-state index is 0.458. The second-order valence-electron chi connectivity index (χ2n) is 4.85. The maximum Gasteiger partial charge on any atom is 0.107 e. The molecule has 0 radical (unpaired) electrons. The predicted molar refractivity (Wildman–Crippen MR) is 86.6 cm³/mol. The van der Waals surface area contributed by atoms with Crippen LogP contribution in [0.1, 0.15) is 26.3 Å². The Kier molecular flexibility index (Phi) is 5.96. The van der Waals surface area contributed by atoms with Crippen LogP contribution < -0.4 is 11.1 Å². The second-order valence-corrected chi connectivity index (χ2v) is 6.14. The quantitative estimate of drug-likeness (QED) is 0.615. The molecular weight excluding hydrogens is 260 g/mol. The van der Waals surface area contributed by atoms with E-state index in [1.54, 1.807) is 11.8 Å². The van der Waals surface area contributed by atoms with Crippen molar-refractivity contribution in [2.45, 2.75) is 25.7 Å². The van der Waals surface area contributed by atoms with Crippen molar-refractivity contribution in [3.63, 3.8) is 0 Å². The fourth-order valence-corrected chi connectivity index (χ4v) is 2.53. The van der Waals surface area contributed by atoms with Crippen LogP contribution in [0.4, 0.5) is 5.69 Å². The molecule has 0 amide bonds. The summed E-state index contributed by atoms with van der Waals surface area (Å²) in [5.74, 6) is 1.27. The van der Waals surface area contributed by atoms with Crippen LogP contribution in [-0.4, -0.2) is 17.8 Å². The van der Waals surface area contributed by atoms with Crippen LogP contribution >= 0.6 is 24.0 Å². The molecule has 0 aliphatic carbocycles. The molecule has 1 aromatic rings. The van der Waals surface area contributed by atoms with Gasteiger partial charge in [-0.1, -0.05) is 39.1 Å². The van der Waals surface area contributed by atoms with E-state index in [1.165, 1.54) is 0 Å². The molecule has 2 nitrogen and oxygen atoms in total. The molecule has 1 atom stereocenters. The standard InChI is InChI=1S/C14H22N2S2/c1-9(2)10(3)8-16-11-6-5-7-12(18-4)13(11)14(15)17/h5-7,9-10,16H,8H2,1-4H3,(H2,15,17). The number of nitrogens with two attached hydrogens (primary N) is 1. The van der Waals surface area contributed by atoms with E-state index in [4.69, 9.17) is 18.0 Å². The minimum Gasteiger partial charge on any atom is -0.389 e. The Hall–Kier alpha value is -0.740. The number of nitrogens with one attached hydrogen (secondary N) is 1. The first kappa shape index (κ1) is 15.3. The first-order valence-corrected chi connectivity index (χ1v) is 7.81. The van der Waals surface area contributed by atoms with Crippen molar-refractivity contribution in [2.75, 3.05) is 18.1 Å². The molecule has 100 valence electrons. The number of thioether (sulfide) groups is 1. The highest BCUT2D eigenvalue weighted by molar-refractivity contribution is 7.98. The van der Waals surface area contributed by atoms with Crippen LogP contribution in [-0.2, 0) is 0 Å². The summed E-state index contributed by atoms with van der Waals surface area (Å²) in [6.07, 6.45) is 2.04. The van der Waals surface area contributed by atoms with Crippen molar-refractivity contribution >= 4 is 34.7 Å². The van der Waals surface area contributed by atoms with E-state index < -0.39 is 0 Å². The Morgan fingerprint density at radius 1 is 1.39 bits per heavy atom. The predicted octanol–water partition coefficient (Wildman–Crippen LogP) is 3.75. The third kappa shape index (κ3) is 3.89.